The Bertz CT molecular complexity index is 1250. The van der Waals surface area contributed by atoms with Crippen molar-refractivity contribution in [1.82, 2.24) is 9.88 Å². The first-order chi connectivity index (χ1) is 16.8. The van der Waals surface area contributed by atoms with Crippen LogP contribution < -0.4 is 0 Å². The van der Waals surface area contributed by atoms with Crippen LogP contribution in [-0.2, 0) is 37.2 Å². The number of rotatable bonds is 2. The van der Waals surface area contributed by atoms with Crippen LogP contribution in [0, 0.1) is 0 Å². The summed E-state index contributed by atoms with van der Waals surface area (Å²) < 4.78 is 38.2. The first-order valence-electron chi connectivity index (χ1n) is 12.4. The Hall–Kier alpha value is -2.23. The minimum absolute atomic E-state index is 0.0866. The molecular formula is C27H34N2O5S. The molecule has 0 unspecified atom stereocenters. The van der Waals surface area contributed by atoms with Gasteiger partial charge >= 0.3 is 0 Å². The van der Waals surface area contributed by atoms with E-state index >= 15 is 0 Å². The van der Waals surface area contributed by atoms with Gasteiger partial charge in [0.05, 0.1) is 31.8 Å². The maximum absolute atomic E-state index is 9.19. The van der Waals surface area contributed by atoms with Crippen molar-refractivity contribution in [1.29, 1.82) is 0 Å². The van der Waals surface area contributed by atoms with Crippen LogP contribution in [-0.4, -0.2) is 62.0 Å². The molecule has 0 bridgehead atoms. The quantitative estimate of drug-likeness (QED) is 0.514. The largest absolute Gasteiger partial charge is 0.379 e. The summed E-state index contributed by atoms with van der Waals surface area (Å²) in [5.41, 5.74) is 5.45. The average molecular weight is 499 g/mol. The zero-order valence-corrected chi connectivity index (χ0v) is 21.0. The van der Waals surface area contributed by atoms with Gasteiger partial charge in [0.2, 0.25) is 0 Å². The second-order valence-corrected chi connectivity index (χ2v) is 11.3. The van der Waals surface area contributed by atoms with E-state index in [4.69, 9.17) is 14.0 Å². The molecule has 2 fully saturated rings. The van der Waals surface area contributed by atoms with Crippen molar-refractivity contribution in [2.75, 3.05) is 39.2 Å². The van der Waals surface area contributed by atoms with E-state index in [0.29, 0.717) is 6.26 Å². The molecule has 2 aromatic carbocycles. The minimum Gasteiger partial charge on any atom is -0.379 e. The van der Waals surface area contributed by atoms with Crippen LogP contribution in [0.2, 0.25) is 0 Å². The van der Waals surface area contributed by atoms with Gasteiger partial charge < -0.3 is 14.5 Å². The van der Waals surface area contributed by atoms with Gasteiger partial charge in [0.1, 0.15) is 5.60 Å². The van der Waals surface area contributed by atoms with Crippen molar-refractivity contribution < 1.29 is 22.4 Å². The maximum Gasteiger partial charge on any atom is 0.261 e. The molecule has 2 aliphatic heterocycles. The number of fused-ring (bicyclic) bond motifs is 4. The Morgan fingerprint density at radius 2 is 1.54 bits per heavy atom. The number of hydrogen-bond donors (Lipinski definition) is 2. The second kappa shape index (κ2) is 9.67. The Balaban J connectivity index is 0.000000464. The number of ether oxygens (including phenoxy) is 2. The van der Waals surface area contributed by atoms with Gasteiger partial charge in [-0.05, 0) is 49.3 Å². The number of H-pyrrole nitrogens is 1. The Morgan fingerprint density at radius 1 is 0.914 bits per heavy atom. The molecule has 1 aliphatic carbocycles. The van der Waals surface area contributed by atoms with Gasteiger partial charge in [-0.3, -0.25) is 9.45 Å². The van der Waals surface area contributed by atoms with Crippen LogP contribution in [0.25, 0.3) is 10.9 Å². The third-order valence-electron chi connectivity index (χ3n) is 7.81. The molecule has 1 aromatic heterocycles. The fourth-order valence-electron chi connectivity index (χ4n) is 6.26. The fraction of sp³-hybridized carbons (Fsp3) is 0.481. The van der Waals surface area contributed by atoms with Crippen LogP contribution in [0.15, 0.2) is 54.6 Å². The fourth-order valence-corrected chi connectivity index (χ4v) is 6.26. The third kappa shape index (κ3) is 4.90. The van der Waals surface area contributed by atoms with E-state index in [1.807, 2.05) is 0 Å². The summed E-state index contributed by atoms with van der Waals surface area (Å²) in [6, 6.07) is 19.9. The van der Waals surface area contributed by atoms with E-state index in [-0.39, 0.29) is 11.1 Å². The lowest BCUT2D eigenvalue weighted by Crippen LogP contribution is -2.55. The number of para-hydroxylation sites is 1. The molecule has 3 aliphatic rings. The zero-order valence-electron chi connectivity index (χ0n) is 20.2. The lowest BCUT2D eigenvalue weighted by Gasteiger charge is -2.53. The number of aromatic nitrogens is 1. The van der Waals surface area contributed by atoms with E-state index in [1.165, 1.54) is 27.7 Å². The molecule has 1 saturated heterocycles. The number of nitrogens with zero attached hydrogens (tertiary/aromatic N) is 1. The highest BCUT2D eigenvalue weighted by atomic mass is 32.2. The Kier molecular flexibility index (Phi) is 6.76. The Labute approximate surface area is 207 Å². The summed E-state index contributed by atoms with van der Waals surface area (Å²) in [6.07, 6.45) is 6.07. The number of nitrogens with one attached hydrogen (secondary N) is 1. The number of aromatic amines is 1. The smallest absolute Gasteiger partial charge is 0.261 e. The lowest BCUT2D eigenvalue weighted by atomic mass is 9.67. The zero-order chi connectivity index (χ0) is 24.5. The van der Waals surface area contributed by atoms with Crippen LogP contribution in [0.5, 0.6) is 0 Å². The Morgan fingerprint density at radius 3 is 2.23 bits per heavy atom. The van der Waals surface area contributed by atoms with Crippen LogP contribution >= 0.6 is 0 Å². The van der Waals surface area contributed by atoms with Crippen LogP contribution in [0.1, 0.15) is 42.5 Å². The van der Waals surface area contributed by atoms with E-state index in [2.05, 4.69) is 64.5 Å². The second-order valence-electron chi connectivity index (χ2n) is 9.85. The molecule has 0 radical (unpaired) electrons. The monoisotopic (exact) mass is 498 g/mol. The molecule has 35 heavy (non-hydrogen) atoms. The van der Waals surface area contributed by atoms with Crippen molar-refractivity contribution in [2.45, 2.75) is 43.2 Å². The summed E-state index contributed by atoms with van der Waals surface area (Å²) in [5, 5.41) is 1.38. The van der Waals surface area contributed by atoms with E-state index in [9.17, 15) is 8.42 Å². The molecule has 2 N–H and O–H groups in total. The normalized spacial score (nSPS) is 27.3. The van der Waals surface area contributed by atoms with Crippen LogP contribution in [0.4, 0.5) is 0 Å². The molecule has 0 atom stereocenters. The molecule has 188 valence electrons. The number of hydrogen-bond acceptors (Lipinski definition) is 5. The molecule has 3 heterocycles. The van der Waals surface area contributed by atoms with Crippen molar-refractivity contribution in [3.8, 4) is 0 Å². The summed E-state index contributed by atoms with van der Waals surface area (Å²) in [7, 11) is -3.67. The average Bonchev–Trinajstić information content (AvgIpc) is 3.25. The number of morpholine rings is 1. The van der Waals surface area contributed by atoms with Crippen LogP contribution in [0.3, 0.4) is 0 Å². The van der Waals surface area contributed by atoms with Gasteiger partial charge in [0.25, 0.3) is 10.1 Å². The van der Waals surface area contributed by atoms with Gasteiger partial charge in [0.15, 0.2) is 0 Å². The van der Waals surface area contributed by atoms with Gasteiger partial charge in [-0.2, -0.15) is 8.42 Å². The maximum atomic E-state index is 9.19. The summed E-state index contributed by atoms with van der Waals surface area (Å²) in [4.78, 5) is 6.45. The molecule has 8 heteroatoms. The molecule has 1 spiro atoms. The predicted octanol–water partition coefficient (Wildman–Crippen LogP) is 4.24. The van der Waals surface area contributed by atoms with Crippen molar-refractivity contribution in [3.63, 3.8) is 0 Å². The van der Waals surface area contributed by atoms with Gasteiger partial charge in [-0.15, -0.1) is 0 Å². The summed E-state index contributed by atoms with van der Waals surface area (Å²) in [5.74, 6) is 0. The van der Waals surface area contributed by atoms with Crippen molar-refractivity contribution in [2.24, 2.45) is 0 Å². The first-order valence-corrected chi connectivity index (χ1v) is 14.2. The molecule has 7 nitrogen and oxygen atoms in total. The van der Waals surface area contributed by atoms with Gasteiger partial charge in [-0.25, -0.2) is 0 Å². The molecular weight excluding hydrogens is 464 g/mol. The highest BCUT2D eigenvalue weighted by molar-refractivity contribution is 7.85. The third-order valence-corrected chi connectivity index (χ3v) is 7.81. The summed E-state index contributed by atoms with van der Waals surface area (Å²) >= 11 is 0. The molecule has 6 rings (SSSR count). The molecule has 1 saturated carbocycles. The topological polar surface area (TPSA) is 91.9 Å². The minimum atomic E-state index is -3.67. The van der Waals surface area contributed by atoms with E-state index in [0.717, 1.165) is 65.0 Å². The standard InChI is InChI=1S/C26H30N2O2.CH4O3S/c1-2-6-20(7-3-1)25(28-15-18-29-19-16-28)11-13-26(14-12-25)24-22(10-17-30-26)21-8-4-5-9-23(21)27-24;1-5(2,3)4/h1-9,27H,10-19H2;1H3,(H,2,3,4). The van der Waals surface area contributed by atoms with Crippen molar-refractivity contribution >= 4 is 21.0 Å². The first kappa shape index (κ1) is 24.5. The lowest BCUT2D eigenvalue weighted by molar-refractivity contribution is -0.128. The van der Waals surface area contributed by atoms with Gasteiger partial charge in [0, 0.05) is 29.5 Å². The SMILES string of the molecule is CS(=O)(=O)O.c1ccc(C2(N3CCOCC3)CCC3(CC2)OCCc2c3[nH]c3ccccc23)cc1. The van der Waals surface area contributed by atoms with Gasteiger partial charge in [-0.1, -0.05) is 48.5 Å². The molecule has 3 aromatic rings. The molecule has 0 amide bonds. The van der Waals surface area contributed by atoms with E-state index in [1.54, 1.807) is 0 Å². The summed E-state index contributed by atoms with van der Waals surface area (Å²) in [6.45, 7) is 4.52. The highest BCUT2D eigenvalue weighted by Gasteiger charge is 2.50. The number of benzene rings is 2. The highest BCUT2D eigenvalue weighted by Crippen LogP contribution is 2.53. The van der Waals surface area contributed by atoms with Crippen molar-refractivity contribution in [3.05, 3.63) is 71.4 Å². The predicted molar refractivity (Wildman–Crippen MR) is 136 cm³/mol. The van der Waals surface area contributed by atoms with E-state index < -0.39 is 10.1 Å².